The van der Waals surface area contributed by atoms with Crippen LogP contribution in [0.15, 0.2) is 41.4 Å². The Bertz CT molecular complexity index is 996. The monoisotopic (exact) mass is 422 g/mol. The molecule has 0 N–H and O–H groups in total. The fourth-order valence-electron chi connectivity index (χ4n) is 3.81. The van der Waals surface area contributed by atoms with Crippen LogP contribution in [-0.2, 0) is 16.6 Å². The van der Waals surface area contributed by atoms with E-state index in [0.717, 1.165) is 5.69 Å². The van der Waals surface area contributed by atoms with E-state index < -0.39 is 10.0 Å². The first kappa shape index (κ1) is 19.3. The second kappa shape index (κ2) is 7.42. The third-order valence-corrected chi connectivity index (χ3v) is 7.62. The average molecular weight is 423 g/mol. The first-order chi connectivity index (χ1) is 13.4. The van der Waals surface area contributed by atoms with E-state index in [1.807, 2.05) is 31.2 Å². The van der Waals surface area contributed by atoms with Crippen LogP contribution in [0.1, 0.15) is 17.4 Å². The van der Waals surface area contributed by atoms with Gasteiger partial charge in [0, 0.05) is 52.0 Å². The standard InChI is InChI=1S/C19H23ClN4O3S/c1-2-21-7-8-23-14-15(13-18(23)19(21)25)28(26,27)24-11-9-22(10-12-24)17-6-4-3-5-16(17)20/h3-6,13-14H,2,7-12H2,1H3. The fourth-order valence-corrected chi connectivity index (χ4v) is 5.53. The number of carbonyl (C=O) groups excluding carboxylic acids is 1. The van der Waals surface area contributed by atoms with E-state index in [-0.39, 0.29) is 10.8 Å². The van der Waals surface area contributed by atoms with E-state index in [1.54, 1.807) is 15.7 Å². The molecule has 7 nitrogen and oxygen atoms in total. The predicted octanol–water partition coefficient (Wildman–Crippen LogP) is 2.13. The fraction of sp³-hybridized carbons (Fsp3) is 0.421. The molecule has 0 spiro atoms. The number of anilines is 1. The molecule has 1 fully saturated rings. The molecule has 4 rings (SSSR count). The third-order valence-electron chi connectivity index (χ3n) is 5.44. The van der Waals surface area contributed by atoms with Gasteiger partial charge in [-0.1, -0.05) is 23.7 Å². The zero-order valence-corrected chi connectivity index (χ0v) is 17.3. The second-order valence-electron chi connectivity index (χ2n) is 6.98. The van der Waals surface area contributed by atoms with Gasteiger partial charge in [-0.3, -0.25) is 4.79 Å². The Morgan fingerprint density at radius 3 is 2.43 bits per heavy atom. The van der Waals surface area contributed by atoms with E-state index >= 15 is 0 Å². The van der Waals surface area contributed by atoms with Crippen molar-refractivity contribution in [3.8, 4) is 0 Å². The van der Waals surface area contributed by atoms with Crippen molar-refractivity contribution in [2.75, 3.05) is 44.2 Å². The molecular formula is C19H23ClN4O3S. The van der Waals surface area contributed by atoms with E-state index in [2.05, 4.69) is 4.90 Å². The summed E-state index contributed by atoms with van der Waals surface area (Å²) < 4.78 is 29.5. The highest BCUT2D eigenvalue weighted by molar-refractivity contribution is 7.89. The van der Waals surface area contributed by atoms with Gasteiger partial charge in [0.25, 0.3) is 5.91 Å². The molecule has 1 aromatic carbocycles. The molecule has 3 heterocycles. The summed E-state index contributed by atoms with van der Waals surface area (Å²) in [4.78, 5) is 16.5. The minimum atomic E-state index is -3.64. The smallest absolute Gasteiger partial charge is 0.270 e. The van der Waals surface area contributed by atoms with Crippen LogP contribution < -0.4 is 4.90 Å². The van der Waals surface area contributed by atoms with Gasteiger partial charge in [0.15, 0.2) is 0 Å². The molecular weight excluding hydrogens is 400 g/mol. The quantitative estimate of drug-likeness (QED) is 0.757. The van der Waals surface area contributed by atoms with E-state index in [0.29, 0.717) is 56.5 Å². The summed E-state index contributed by atoms with van der Waals surface area (Å²) in [6.45, 7) is 5.66. The van der Waals surface area contributed by atoms with Gasteiger partial charge in [0.1, 0.15) is 10.6 Å². The maximum atomic E-state index is 13.1. The number of piperazine rings is 1. The zero-order chi connectivity index (χ0) is 19.9. The molecule has 1 amide bonds. The van der Waals surface area contributed by atoms with Crippen LogP contribution in [-0.4, -0.2) is 67.4 Å². The Kier molecular flexibility index (Phi) is 5.11. The van der Waals surface area contributed by atoms with Crippen molar-refractivity contribution in [2.45, 2.75) is 18.4 Å². The van der Waals surface area contributed by atoms with Crippen LogP contribution in [0, 0.1) is 0 Å². The maximum Gasteiger partial charge on any atom is 0.270 e. The molecule has 0 aliphatic carbocycles. The van der Waals surface area contributed by atoms with Gasteiger partial charge in [-0.15, -0.1) is 0 Å². The molecule has 9 heteroatoms. The average Bonchev–Trinajstić information content (AvgIpc) is 3.15. The van der Waals surface area contributed by atoms with Crippen LogP contribution in [0.25, 0.3) is 0 Å². The van der Waals surface area contributed by atoms with Gasteiger partial charge in [0.05, 0.1) is 10.7 Å². The number of halogens is 1. The minimum Gasteiger partial charge on any atom is -0.368 e. The number of likely N-dealkylation sites (N-methyl/N-ethyl adjacent to an activating group) is 1. The summed E-state index contributed by atoms with van der Waals surface area (Å²) in [7, 11) is -3.64. The summed E-state index contributed by atoms with van der Waals surface area (Å²) in [5.74, 6) is -0.112. The van der Waals surface area contributed by atoms with Gasteiger partial charge in [-0.05, 0) is 25.1 Å². The molecule has 0 unspecified atom stereocenters. The van der Waals surface area contributed by atoms with Crippen molar-refractivity contribution in [3.05, 3.63) is 47.2 Å². The van der Waals surface area contributed by atoms with Gasteiger partial charge >= 0.3 is 0 Å². The number of benzene rings is 1. The van der Waals surface area contributed by atoms with Crippen molar-refractivity contribution in [2.24, 2.45) is 0 Å². The molecule has 0 atom stereocenters. The van der Waals surface area contributed by atoms with Crippen LogP contribution in [0.2, 0.25) is 5.02 Å². The topological polar surface area (TPSA) is 65.9 Å². The number of carbonyl (C=O) groups is 1. The van der Waals surface area contributed by atoms with E-state index in [1.165, 1.54) is 10.4 Å². The largest absolute Gasteiger partial charge is 0.368 e. The number of rotatable bonds is 4. The Morgan fingerprint density at radius 1 is 1.04 bits per heavy atom. The molecule has 0 radical (unpaired) electrons. The highest BCUT2D eigenvalue weighted by Gasteiger charge is 2.33. The molecule has 2 aromatic rings. The highest BCUT2D eigenvalue weighted by atomic mass is 35.5. The lowest BCUT2D eigenvalue weighted by Crippen LogP contribution is -2.48. The Balaban J connectivity index is 1.51. The predicted molar refractivity (Wildman–Crippen MR) is 108 cm³/mol. The van der Waals surface area contributed by atoms with Crippen molar-refractivity contribution in [1.29, 1.82) is 0 Å². The number of amides is 1. The van der Waals surface area contributed by atoms with E-state index in [9.17, 15) is 13.2 Å². The first-order valence-electron chi connectivity index (χ1n) is 9.41. The van der Waals surface area contributed by atoms with Crippen molar-refractivity contribution >= 4 is 33.2 Å². The summed E-state index contributed by atoms with van der Waals surface area (Å²) in [6, 6.07) is 9.09. The number of hydrogen-bond acceptors (Lipinski definition) is 4. The number of nitrogens with zero attached hydrogens (tertiary/aromatic N) is 4. The molecule has 150 valence electrons. The third kappa shape index (κ3) is 3.29. The van der Waals surface area contributed by atoms with Gasteiger partial charge in [0.2, 0.25) is 10.0 Å². The molecule has 0 bridgehead atoms. The lowest BCUT2D eigenvalue weighted by Gasteiger charge is -2.35. The molecule has 1 aromatic heterocycles. The van der Waals surface area contributed by atoms with Gasteiger partial charge in [-0.2, -0.15) is 4.31 Å². The van der Waals surface area contributed by atoms with Gasteiger partial charge in [-0.25, -0.2) is 8.42 Å². The summed E-state index contributed by atoms with van der Waals surface area (Å²) >= 11 is 6.26. The summed E-state index contributed by atoms with van der Waals surface area (Å²) in [6.07, 6.45) is 1.59. The number of sulfonamides is 1. The normalized spacial score (nSPS) is 18.4. The Morgan fingerprint density at radius 2 is 1.75 bits per heavy atom. The lowest BCUT2D eigenvalue weighted by atomic mass is 10.2. The number of hydrogen-bond donors (Lipinski definition) is 0. The second-order valence-corrected chi connectivity index (χ2v) is 9.33. The highest BCUT2D eigenvalue weighted by Crippen LogP contribution is 2.28. The SMILES string of the molecule is CCN1CCn2cc(S(=O)(=O)N3CCN(c4ccccc4Cl)CC3)cc2C1=O. The molecule has 28 heavy (non-hydrogen) atoms. The lowest BCUT2D eigenvalue weighted by molar-refractivity contribution is 0.0715. The van der Waals surface area contributed by atoms with E-state index in [4.69, 9.17) is 11.6 Å². The Labute approximate surface area is 170 Å². The zero-order valence-electron chi connectivity index (χ0n) is 15.7. The molecule has 0 saturated carbocycles. The summed E-state index contributed by atoms with van der Waals surface area (Å²) in [5, 5.41) is 0.665. The van der Waals surface area contributed by atoms with Gasteiger partial charge < -0.3 is 14.4 Å². The summed E-state index contributed by atoms with van der Waals surface area (Å²) in [5.41, 5.74) is 1.37. The van der Waals surface area contributed by atoms with Crippen LogP contribution in [0.4, 0.5) is 5.69 Å². The number of para-hydroxylation sites is 1. The van der Waals surface area contributed by atoms with Crippen molar-refractivity contribution in [3.63, 3.8) is 0 Å². The Hall–Kier alpha value is -2.03. The maximum absolute atomic E-state index is 13.1. The van der Waals surface area contributed by atoms with Crippen molar-refractivity contribution < 1.29 is 13.2 Å². The number of aromatic nitrogens is 1. The van der Waals surface area contributed by atoms with Crippen LogP contribution >= 0.6 is 11.6 Å². The van der Waals surface area contributed by atoms with Crippen LogP contribution in [0.3, 0.4) is 0 Å². The minimum absolute atomic E-state index is 0.112. The molecule has 2 aliphatic heterocycles. The number of fused-ring (bicyclic) bond motifs is 1. The van der Waals surface area contributed by atoms with Crippen LogP contribution in [0.5, 0.6) is 0 Å². The van der Waals surface area contributed by atoms with Crippen molar-refractivity contribution in [1.82, 2.24) is 13.8 Å². The first-order valence-corrected chi connectivity index (χ1v) is 11.2. The molecule has 1 saturated heterocycles. The molecule has 2 aliphatic rings.